The molecule has 0 aliphatic heterocycles. The van der Waals surface area contributed by atoms with Crippen molar-refractivity contribution in [3.05, 3.63) is 18.2 Å². The van der Waals surface area contributed by atoms with Crippen LogP contribution in [0.25, 0.3) is 11.0 Å². The highest BCUT2D eigenvalue weighted by Gasteiger charge is 2.12. The fourth-order valence-corrected chi connectivity index (χ4v) is 1.85. The van der Waals surface area contributed by atoms with E-state index in [1.807, 2.05) is 26.2 Å². The molecule has 0 bridgehead atoms. The maximum atomic E-state index is 5.33. The van der Waals surface area contributed by atoms with Gasteiger partial charge < -0.3 is 14.7 Å². The molecule has 1 aromatic heterocycles. The third kappa shape index (κ3) is 2.35. The Bertz CT molecular complexity index is 490. The molecule has 0 fully saturated rings. The zero-order valence-corrected chi connectivity index (χ0v) is 10.7. The number of unbranched alkanes of at least 4 members (excludes halogenated alkanes) is 1. The zero-order valence-electron chi connectivity index (χ0n) is 10.7. The Labute approximate surface area is 102 Å². The van der Waals surface area contributed by atoms with Crippen molar-refractivity contribution in [1.29, 1.82) is 0 Å². The van der Waals surface area contributed by atoms with E-state index in [0.717, 1.165) is 35.4 Å². The highest BCUT2D eigenvalue weighted by molar-refractivity contribution is 5.99. The van der Waals surface area contributed by atoms with E-state index >= 15 is 0 Å². The summed E-state index contributed by atoms with van der Waals surface area (Å²) in [5.74, 6) is 0.845. The Morgan fingerprint density at radius 1 is 1.35 bits per heavy atom. The molecule has 1 aromatic carbocycles. The molecule has 1 heterocycles. The van der Waals surface area contributed by atoms with Crippen LogP contribution >= 0.6 is 0 Å². The van der Waals surface area contributed by atoms with E-state index in [1.165, 1.54) is 6.42 Å². The molecule has 2 aromatic rings. The highest BCUT2D eigenvalue weighted by atomic mass is 16.5. The van der Waals surface area contributed by atoms with Gasteiger partial charge in [0.1, 0.15) is 0 Å². The van der Waals surface area contributed by atoms with Crippen LogP contribution in [0.4, 0.5) is 11.5 Å². The summed E-state index contributed by atoms with van der Waals surface area (Å²) in [6.07, 6.45) is 2.31. The van der Waals surface area contributed by atoms with E-state index in [0.29, 0.717) is 0 Å². The lowest BCUT2D eigenvalue weighted by molar-refractivity contribution is 0.459. The third-order valence-electron chi connectivity index (χ3n) is 2.78. The SMILES string of the molecule is CCCCNc1noc2cccc(N(C)C)c12. The lowest BCUT2D eigenvalue weighted by atomic mass is 10.2. The number of aromatic nitrogens is 1. The summed E-state index contributed by atoms with van der Waals surface area (Å²) in [6, 6.07) is 6.00. The van der Waals surface area contributed by atoms with Crippen LogP contribution in [-0.4, -0.2) is 25.8 Å². The lowest BCUT2D eigenvalue weighted by Gasteiger charge is -2.13. The first-order chi connectivity index (χ1) is 8.24. The van der Waals surface area contributed by atoms with Crippen molar-refractivity contribution >= 4 is 22.5 Å². The molecule has 0 atom stereocenters. The van der Waals surface area contributed by atoms with Gasteiger partial charge in [-0.15, -0.1) is 0 Å². The quantitative estimate of drug-likeness (QED) is 0.806. The van der Waals surface area contributed by atoms with Crippen molar-refractivity contribution in [3.63, 3.8) is 0 Å². The Balaban J connectivity index is 2.36. The first-order valence-electron chi connectivity index (χ1n) is 6.03. The molecule has 0 spiro atoms. The molecule has 17 heavy (non-hydrogen) atoms. The van der Waals surface area contributed by atoms with Crippen molar-refractivity contribution < 1.29 is 4.52 Å². The smallest absolute Gasteiger partial charge is 0.179 e. The molecule has 0 unspecified atom stereocenters. The molecule has 4 nitrogen and oxygen atoms in total. The van der Waals surface area contributed by atoms with Gasteiger partial charge in [-0.3, -0.25) is 0 Å². The molecule has 0 amide bonds. The van der Waals surface area contributed by atoms with Crippen LogP contribution in [0.5, 0.6) is 0 Å². The standard InChI is InChI=1S/C13H19N3O/c1-4-5-9-14-13-12-10(16(2)3)7-6-8-11(12)17-15-13/h6-8H,4-5,9H2,1-3H3,(H,14,15). The third-order valence-corrected chi connectivity index (χ3v) is 2.78. The molecular formula is C13H19N3O. The van der Waals surface area contributed by atoms with Crippen molar-refractivity contribution in [2.45, 2.75) is 19.8 Å². The van der Waals surface area contributed by atoms with Gasteiger partial charge in [-0.05, 0) is 18.6 Å². The first-order valence-corrected chi connectivity index (χ1v) is 6.03. The average molecular weight is 233 g/mol. The average Bonchev–Trinajstić information content (AvgIpc) is 2.73. The minimum atomic E-state index is 0.829. The number of rotatable bonds is 5. The van der Waals surface area contributed by atoms with E-state index in [9.17, 15) is 0 Å². The molecule has 92 valence electrons. The molecule has 0 saturated carbocycles. The van der Waals surface area contributed by atoms with Gasteiger partial charge >= 0.3 is 0 Å². The largest absolute Gasteiger partial charge is 0.377 e. The summed E-state index contributed by atoms with van der Waals surface area (Å²) >= 11 is 0. The van der Waals surface area contributed by atoms with Gasteiger partial charge in [0.05, 0.1) is 11.1 Å². The zero-order chi connectivity index (χ0) is 12.3. The van der Waals surface area contributed by atoms with E-state index in [1.54, 1.807) is 0 Å². The molecule has 0 aliphatic carbocycles. The van der Waals surface area contributed by atoms with Crippen LogP contribution in [-0.2, 0) is 0 Å². The lowest BCUT2D eigenvalue weighted by Crippen LogP contribution is -2.09. The van der Waals surface area contributed by atoms with Crippen molar-refractivity contribution in [1.82, 2.24) is 5.16 Å². The number of fused-ring (bicyclic) bond motifs is 1. The van der Waals surface area contributed by atoms with Crippen molar-refractivity contribution in [3.8, 4) is 0 Å². The van der Waals surface area contributed by atoms with Crippen LogP contribution in [0.3, 0.4) is 0 Å². The number of nitrogens with zero attached hydrogens (tertiary/aromatic N) is 2. The van der Waals surface area contributed by atoms with Crippen LogP contribution in [0, 0.1) is 0 Å². The summed E-state index contributed by atoms with van der Waals surface area (Å²) in [7, 11) is 4.05. The van der Waals surface area contributed by atoms with Crippen LogP contribution in [0.1, 0.15) is 19.8 Å². The first kappa shape index (κ1) is 11.8. The summed E-state index contributed by atoms with van der Waals surface area (Å²) < 4.78 is 5.33. The Kier molecular flexibility index (Phi) is 3.52. The van der Waals surface area contributed by atoms with E-state index in [4.69, 9.17) is 4.52 Å². The summed E-state index contributed by atoms with van der Waals surface area (Å²) in [6.45, 7) is 3.10. The number of nitrogens with one attached hydrogen (secondary N) is 1. The monoisotopic (exact) mass is 233 g/mol. The van der Waals surface area contributed by atoms with Crippen LogP contribution in [0.15, 0.2) is 22.7 Å². The Morgan fingerprint density at radius 2 is 2.18 bits per heavy atom. The van der Waals surface area contributed by atoms with Crippen LogP contribution < -0.4 is 10.2 Å². The molecule has 0 saturated heterocycles. The fourth-order valence-electron chi connectivity index (χ4n) is 1.85. The van der Waals surface area contributed by atoms with Gasteiger partial charge in [-0.1, -0.05) is 24.6 Å². The minimum absolute atomic E-state index is 0.829. The van der Waals surface area contributed by atoms with Gasteiger partial charge in [0, 0.05) is 20.6 Å². The summed E-state index contributed by atoms with van der Waals surface area (Å²) in [4.78, 5) is 2.07. The highest BCUT2D eigenvalue weighted by Crippen LogP contribution is 2.31. The second-order valence-corrected chi connectivity index (χ2v) is 4.36. The number of hydrogen-bond donors (Lipinski definition) is 1. The van der Waals surface area contributed by atoms with E-state index in [-0.39, 0.29) is 0 Å². The second-order valence-electron chi connectivity index (χ2n) is 4.36. The van der Waals surface area contributed by atoms with Crippen LogP contribution in [0.2, 0.25) is 0 Å². The molecule has 4 heteroatoms. The minimum Gasteiger partial charge on any atom is -0.377 e. The summed E-state index contributed by atoms with van der Waals surface area (Å²) in [5.41, 5.74) is 1.96. The van der Waals surface area contributed by atoms with Gasteiger partial charge in [-0.2, -0.15) is 0 Å². The van der Waals surface area contributed by atoms with Gasteiger partial charge in [0.15, 0.2) is 11.4 Å². The number of benzene rings is 1. The molecule has 0 radical (unpaired) electrons. The predicted molar refractivity (Wildman–Crippen MR) is 71.7 cm³/mol. The summed E-state index contributed by atoms with van der Waals surface area (Å²) in [5, 5.41) is 8.49. The Morgan fingerprint density at radius 3 is 2.88 bits per heavy atom. The predicted octanol–water partition coefficient (Wildman–Crippen LogP) is 3.11. The number of hydrogen-bond acceptors (Lipinski definition) is 4. The van der Waals surface area contributed by atoms with Gasteiger partial charge in [0.2, 0.25) is 0 Å². The molecule has 2 rings (SSSR count). The topological polar surface area (TPSA) is 41.3 Å². The maximum absolute atomic E-state index is 5.33. The maximum Gasteiger partial charge on any atom is 0.179 e. The number of anilines is 2. The normalized spacial score (nSPS) is 10.8. The van der Waals surface area contributed by atoms with E-state index in [2.05, 4.69) is 28.4 Å². The second kappa shape index (κ2) is 5.08. The Hall–Kier alpha value is -1.71. The van der Waals surface area contributed by atoms with Crippen molar-refractivity contribution in [2.75, 3.05) is 30.9 Å². The van der Waals surface area contributed by atoms with E-state index < -0.39 is 0 Å². The fraction of sp³-hybridized carbons (Fsp3) is 0.462. The van der Waals surface area contributed by atoms with Gasteiger partial charge in [-0.25, -0.2) is 0 Å². The molecule has 0 aliphatic rings. The van der Waals surface area contributed by atoms with Crippen molar-refractivity contribution in [2.24, 2.45) is 0 Å². The van der Waals surface area contributed by atoms with Gasteiger partial charge in [0.25, 0.3) is 0 Å². The molecule has 1 N–H and O–H groups in total. The molecular weight excluding hydrogens is 214 g/mol.